The Morgan fingerprint density at radius 2 is 1.71 bits per heavy atom. The van der Waals surface area contributed by atoms with Crippen molar-refractivity contribution in [1.82, 2.24) is 14.8 Å². The topological polar surface area (TPSA) is 73.7 Å². The Bertz CT molecular complexity index is 539. The molecule has 0 aliphatic carbocycles. The second kappa shape index (κ2) is 6.60. The van der Waals surface area contributed by atoms with Gasteiger partial charge in [0.05, 0.1) is 0 Å². The fraction of sp³-hybridized carbons (Fsp3) is 0.462. The largest absolute Gasteiger partial charge is 0.480 e. The molecule has 21 heavy (non-hydrogen) atoms. The zero-order chi connectivity index (χ0) is 15.6. The number of hydrogen-bond donors (Lipinski definition) is 1. The molecule has 1 aliphatic heterocycles. The Hall–Kier alpha value is -1.37. The summed E-state index contributed by atoms with van der Waals surface area (Å²) in [6.45, 7) is 3.61. The lowest BCUT2D eigenvalue weighted by Gasteiger charge is -2.36. The number of carbonyl (C=O) groups is 2. The smallest absolute Gasteiger partial charge is 0.320 e. The number of piperazine rings is 1. The molecule has 0 spiro atoms. The highest BCUT2D eigenvalue weighted by atomic mass is 35.5. The number of hydrogen-bond acceptors (Lipinski definition) is 4. The highest BCUT2D eigenvalue weighted by Crippen LogP contribution is 2.17. The molecule has 1 saturated heterocycles. The lowest BCUT2D eigenvalue weighted by atomic mass is 10.2. The Labute approximate surface area is 132 Å². The van der Waals surface area contributed by atoms with E-state index in [2.05, 4.69) is 4.98 Å². The lowest BCUT2D eigenvalue weighted by molar-refractivity contribution is -0.143. The van der Waals surface area contributed by atoms with E-state index in [0.717, 1.165) is 0 Å². The Morgan fingerprint density at radius 1 is 1.19 bits per heavy atom. The fourth-order valence-electron chi connectivity index (χ4n) is 2.24. The minimum Gasteiger partial charge on any atom is -0.480 e. The summed E-state index contributed by atoms with van der Waals surface area (Å²) in [7, 11) is 0. The number of pyridine rings is 1. The van der Waals surface area contributed by atoms with Crippen LogP contribution >= 0.6 is 23.2 Å². The maximum Gasteiger partial charge on any atom is 0.320 e. The highest BCUT2D eigenvalue weighted by molar-refractivity contribution is 6.33. The van der Waals surface area contributed by atoms with Crippen LogP contribution in [0, 0.1) is 0 Å². The first-order chi connectivity index (χ1) is 9.88. The van der Waals surface area contributed by atoms with E-state index in [1.54, 1.807) is 11.8 Å². The van der Waals surface area contributed by atoms with Crippen molar-refractivity contribution >= 4 is 35.1 Å². The summed E-state index contributed by atoms with van der Waals surface area (Å²) in [6.07, 6.45) is 0. The summed E-state index contributed by atoms with van der Waals surface area (Å²) < 4.78 is 0. The molecule has 2 heterocycles. The van der Waals surface area contributed by atoms with Crippen molar-refractivity contribution < 1.29 is 14.7 Å². The number of aliphatic carboxylic acids is 1. The quantitative estimate of drug-likeness (QED) is 0.852. The summed E-state index contributed by atoms with van der Waals surface area (Å²) in [5.74, 6) is -1.04. The van der Waals surface area contributed by atoms with Gasteiger partial charge in [0.25, 0.3) is 5.91 Å². The van der Waals surface area contributed by atoms with Gasteiger partial charge in [-0.05, 0) is 19.1 Å². The van der Waals surface area contributed by atoms with Crippen molar-refractivity contribution in [3.63, 3.8) is 0 Å². The highest BCUT2D eigenvalue weighted by Gasteiger charge is 2.27. The predicted octanol–water partition coefficient (Wildman–Crippen LogP) is 1.62. The molecule has 0 bridgehead atoms. The third kappa shape index (κ3) is 3.84. The number of amides is 1. The van der Waals surface area contributed by atoms with E-state index in [0.29, 0.717) is 31.7 Å². The van der Waals surface area contributed by atoms with Crippen molar-refractivity contribution in [2.45, 2.75) is 13.0 Å². The zero-order valence-corrected chi connectivity index (χ0v) is 12.9. The molecule has 8 heteroatoms. The lowest BCUT2D eigenvalue weighted by Crippen LogP contribution is -2.53. The van der Waals surface area contributed by atoms with E-state index in [9.17, 15) is 9.59 Å². The molecular formula is C13H15Cl2N3O3. The summed E-state index contributed by atoms with van der Waals surface area (Å²) in [6, 6.07) is 2.40. The van der Waals surface area contributed by atoms with Gasteiger partial charge in [0, 0.05) is 31.7 Å². The number of carboxylic acid groups (broad SMARTS) is 1. The van der Waals surface area contributed by atoms with Gasteiger partial charge in [0.1, 0.15) is 16.3 Å². The molecule has 1 fully saturated rings. The van der Waals surface area contributed by atoms with E-state index in [1.165, 1.54) is 12.1 Å². The predicted molar refractivity (Wildman–Crippen MR) is 78.8 cm³/mol. The van der Waals surface area contributed by atoms with Crippen molar-refractivity contribution in [1.29, 1.82) is 0 Å². The van der Waals surface area contributed by atoms with Gasteiger partial charge < -0.3 is 10.0 Å². The summed E-state index contributed by atoms with van der Waals surface area (Å²) >= 11 is 11.6. The zero-order valence-electron chi connectivity index (χ0n) is 11.4. The van der Waals surface area contributed by atoms with Crippen molar-refractivity contribution in [2.75, 3.05) is 26.2 Å². The summed E-state index contributed by atoms with van der Waals surface area (Å²) in [5.41, 5.74) is 0.389. The Kier molecular flexibility index (Phi) is 5.03. The number of carbonyl (C=O) groups excluding carboxylic acids is 1. The van der Waals surface area contributed by atoms with Crippen LogP contribution in [0.15, 0.2) is 12.1 Å². The fourth-order valence-corrected chi connectivity index (χ4v) is 2.70. The number of halogens is 2. The van der Waals surface area contributed by atoms with Gasteiger partial charge in [-0.1, -0.05) is 23.2 Å². The van der Waals surface area contributed by atoms with Gasteiger partial charge in [-0.15, -0.1) is 0 Å². The normalized spacial score (nSPS) is 17.6. The van der Waals surface area contributed by atoms with E-state index >= 15 is 0 Å². The number of carboxylic acids is 1. The molecule has 0 saturated carbocycles. The summed E-state index contributed by atoms with van der Waals surface area (Å²) in [5, 5.41) is 9.33. The molecule has 0 aromatic carbocycles. The number of rotatable bonds is 3. The van der Waals surface area contributed by atoms with Crippen LogP contribution in [-0.2, 0) is 4.79 Å². The molecular weight excluding hydrogens is 317 g/mol. The average molecular weight is 332 g/mol. The molecule has 0 radical (unpaired) electrons. The minimum atomic E-state index is -0.859. The van der Waals surface area contributed by atoms with Crippen LogP contribution < -0.4 is 0 Å². The van der Waals surface area contributed by atoms with Gasteiger partial charge in [-0.2, -0.15) is 0 Å². The van der Waals surface area contributed by atoms with E-state index in [4.69, 9.17) is 28.3 Å². The van der Waals surface area contributed by atoms with Crippen molar-refractivity contribution in [2.24, 2.45) is 0 Å². The molecule has 1 atom stereocenters. The third-order valence-electron chi connectivity index (χ3n) is 3.52. The monoisotopic (exact) mass is 331 g/mol. The third-order valence-corrected chi connectivity index (χ3v) is 3.90. The molecule has 1 aromatic heterocycles. The minimum absolute atomic E-state index is 0.170. The number of nitrogens with zero attached hydrogens (tertiary/aromatic N) is 3. The molecule has 1 aromatic rings. The van der Waals surface area contributed by atoms with Gasteiger partial charge in [0.2, 0.25) is 0 Å². The number of aromatic nitrogens is 1. The first-order valence-corrected chi connectivity index (χ1v) is 7.23. The van der Waals surface area contributed by atoms with Gasteiger partial charge in [0.15, 0.2) is 0 Å². The maximum atomic E-state index is 12.4. The van der Waals surface area contributed by atoms with Crippen LogP contribution in [-0.4, -0.2) is 64.0 Å². The Morgan fingerprint density at radius 3 is 2.19 bits per heavy atom. The molecule has 1 N–H and O–H groups in total. The summed E-state index contributed by atoms with van der Waals surface area (Å²) in [4.78, 5) is 30.6. The van der Waals surface area contributed by atoms with E-state index < -0.39 is 12.0 Å². The van der Waals surface area contributed by atoms with Crippen LogP contribution in [0.1, 0.15) is 17.3 Å². The Balaban J connectivity index is 2.01. The van der Waals surface area contributed by atoms with Crippen LogP contribution in [0.25, 0.3) is 0 Å². The van der Waals surface area contributed by atoms with Gasteiger partial charge in [-0.25, -0.2) is 4.98 Å². The van der Waals surface area contributed by atoms with Gasteiger partial charge >= 0.3 is 5.97 Å². The van der Waals surface area contributed by atoms with Crippen LogP contribution in [0.4, 0.5) is 0 Å². The van der Waals surface area contributed by atoms with E-state index in [1.807, 2.05) is 4.90 Å². The second-order valence-electron chi connectivity index (χ2n) is 4.84. The molecule has 114 valence electrons. The average Bonchev–Trinajstić information content (AvgIpc) is 2.44. The first kappa shape index (κ1) is 16.0. The van der Waals surface area contributed by atoms with Crippen molar-refractivity contribution in [3.05, 3.63) is 28.0 Å². The van der Waals surface area contributed by atoms with Crippen molar-refractivity contribution in [3.8, 4) is 0 Å². The van der Waals surface area contributed by atoms with Crippen LogP contribution in [0.2, 0.25) is 10.3 Å². The molecule has 2 rings (SSSR count). The maximum absolute atomic E-state index is 12.4. The van der Waals surface area contributed by atoms with E-state index in [-0.39, 0.29) is 16.2 Å². The first-order valence-electron chi connectivity index (χ1n) is 6.47. The standard InChI is InChI=1S/C13H15Cl2N3O3/c1-8(13(20)21)17-2-4-18(5-3-17)12(19)9-6-10(14)16-11(15)7-9/h6-8H,2-5H2,1H3,(H,20,21). The van der Waals surface area contributed by atoms with Crippen LogP contribution in [0.3, 0.4) is 0 Å². The molecule has 1 unspecified atom stereocenters. The van der Waals surface area contributed by atoms with Gasteiger partial charge in [-0.3, -0.25) is 14.5 Å². The second-order valence-corrected chi connectivity index (χ2v) is 5.62. The molecule has 1 aliphatic rings. The van der Waals surface area contributed by atoms with Crippen LogP contribution in [0.5, 0.6) is 0 Å². The molecule has 6 nitrogen and oxygen atoms in total. The SMILES string of the molecule is CC(C(=O)O)N1CCN(C(=O)c2cc(Cl)nc(Cl)c2)CC1. The molecule has 1 amide bonds.